The highest BCUT2D eigenvalue weighted by Crippen LogP contribution is 2.38. The van der Waals surface area contributed by atoms with E-state index in [4.69, 9.17) is 0 Å². The Morgan fingerprint density at radius 3 is 2.11 bits per heavy atom. The lowest BCUT2D eigenvalue weighted by atomic mass is 9.74. The second-order valence-electron chi connectivity index (χ2n) is 5.88. The quantitative estimate of drug-likeness (QED) is 0.851. The molecule has 4 nitrogen and oxygen atoms in total. The van der Waals surface area contributed by atoms with Crippen molar-refractivity contribution in [1.29, 1.82) is 0 Å². The van der Waals surface area contributed by atoms with Crippen molar-refractivity contribution in [3.8, 4) is 0 Å². The minimum Gasteiger partial charge on any atom is -0.340 e. The maximum absolute atomic E-state index is 12.9. The molecule has 1 spiro atoms. The Kier molecular flexibility index (Phi) is 3.88. The van der Waals surface area contributed by atoms with E-state index < -0.39 is 11.1 Å². The Morgan fingerprint density at radius 1 is 1.05 bits per heavy atom. The summed E-state index contributed by atoms with van der Waals surface area (Å²) in [5.41, 5.74) is -1.23. The molecule has 1 N–H and O–H groups in total. The molecule has 0 unspecified atom stereocenters. The van der Waals surface area contributed by atoms with Gasteiger partial charge in [0, 0.05) is 6.54 Å². The van der Waals surface area contributed by atoms with Crippen LogP contribution in [0.1, 0.15) is 65.7 Å². The molecule has 1 saturated carbocycles. The number of amides is 2. The minimum absolute atomic E-state index is 0.0563. The SMILES string of the molecule is CCN1C(=O)C2(CCCCC2)NC(=O)C1(CC)CC. The molecule has 0 radical (unpaired) electrons. The predicted molar refractivity (Wildman–Crippen MR) is 74.7 cm³/mol. The van der Waals surface area contributed by atoms with Crippen molar-refractivity contribution < 1.29 is 9.59 Å². The Hall–Kier alpha value is -1.06. The molecule has 0 aromatic heterocycles. The van der Waals surface area contributed by atoms with Crippen LogP contribution in [0.25, 0.3) is 0 Å². The molecule has 2 amide bonds. The van der Waals surface area contributed by atoms with E-state index in [9.17, 15) is 9.59 Å². The molecule has 0 aromatic carbocycles. The average molecular weight is 266 g/mol. The number of carbonyl (C=O) groups excluding carboxylic acids is 2. The van der Waals surface area contributed by atoms with Crippen molar-refractivity contribution in [3.63, 3.8) is 0 Å². The summed E-state index contributed by atoms with van der Waals surface area (Å²) in [6.07, 6.45) is 6.22. The van der Waals surface area contributed by atoms with Gasteiger partial charge in [0.2, 0.25) is 11.8 Å². The summed E-state index contributed by atoms with van der Waals surface area (Å²) in [5.74, 6) is 0.207. The van der Waals surface area contributed by atoms with E-state index in [-0.39, 0.29) is 11.8 Å². The van der Waals surface area contributed by atoms with Gasteiger partial charge in [0.15, 0.2) is 0 Å². The molecule has 2 fully saturated rings. The summed E-state index contributed by atoms with van der Waals surface area (Å²) >= 11 is 0. The van der Waals surface area contributed by atoms with Crippen LogP contribution >= 0.6 is 0 Å². The zero-order chi connectivity index (χ0) is 14.1. The second kappa shape index (κ2) is 5.14. The molecule has 19 heavy (non-hydrogen) atoms. The van der Waals surface area contributed by atoms with Gasteiger partial charge in [-0.05, 0) is 32.6 Å². The Labute approximate surface area is 115 Å². The first-order valence-corrected chi connectivity index (χ1v) is 7.71. The largest absolute Gasteiger partial charge is 0.340 e. The monoisotopic (exact) mass is 266 g/mol. The third-order valence-corrected chi connectivity index (χ3v) is 5.14. The lowest BCUT2D eigenvalue weighted by molar-refractivity contribution is -0.165. The molecule has 0 atom stereocenters. The Balaban J connectivity index is 2.38. The van der Waals surface area contributed by atoms with Crippen LogP contribution in [0.3, 0.4) is 0 Å². The third kappa shape index (κ3) is 1.96. The predicted octanol–water partition coefficient (Wildman–Crippen LogP) is 2.23. The fourth-order valence-corrected chi connectivity index (χ4v) is 3.86. The molecule has 0 aromatic rings. The van der Waals surface area contributed by atoms with Crippen LogP contribution in [0.4, 0.5) is 0 Å². The van der Waals surface area contributed by atoms with E-state index in [2.05, 4.69) is 5.32 Å². The molecule has 1 heterocycles. The van der Waals surface area contributed by atoms with E-state index in [1.54, 1.807) is 0 Å². The summed E-state index contributed by atoms with van der Waals surface area (Å²) in [4.78, 5) is 27.4. The number of nitrogens with zero attached hydrogens (tertiary/aromatic N) is 1. The van der Waals surface area contributed by atoms with Crippen LogP contribution in [0, 0.1) is 0 Å². The molecule has 2 aliphatic rings. The van der Waals surface area contributed by atoms with E-state index in [0.717, 1.165) is 25.7 Å². The van der Waals surface area contributed by atoms with Crippen molar-refractivity contribution in [2.24, 2.45) is 0 Å². The number of piperazine rings is 1. The number of carbonyl (C=O) groups is 2. The molecule has 2 rings (SSSR count). The topological polar surface area (TPSA) is 49.4 Å². The zero-order valence-corrected chi connectivity index (χ0v) is 12.4. The van der Waals surface area contributed by atoms with Crippen LogP contribution in [-0.2, 0) is 9.59 Å². The van der Waals surface area contributed by atoms with Crippen LogP contribution in [0.15, 0.2) is 0 Å². The fourth-order valence-electron chi connectivity index (χ4n) is 3.86. The van der Waals surface area contributed by atoms with E-state index in [0.29, 0.717) is 19.4 Å². The molecule has 1 saturated heterocycles. The summed E-state index contributed by atoms with van der Waals surface area (Å²) in [5, 5.41) is 3.11. The Bertz CT molecular complexity index is 368. The van der Waals surface area contributed by atoms with Crippen molar-refractivity contribution in [2.75, 3.05) is 6.54 Å². The van der Waals surface area contributed by atoms with Crippen molar-refractivity contribution in [1.82, 2.24) is 10.2 Å². The maximum Gasteiger partial charge on any atom is 0.249 e. The van der Waals surface area contributed by atoms with Gasteiger partial charge in [-0.2, -0.15) is 0 Å². The van der Waals surface area contributed by atoms with Gasteiger partial charge in [-0.3, -0.25) is 9.59 Å². The molecular weight excluding hydrogens is 240 g/mol. The molecule has 1 aliphatic carbocycles. The highest BCUT2D eigenvalue weighted by Gasteiger charge is 2.56. The first-order chi connectivity index (χ1) is 9.06. The molecule has 108 valence electrons. The Morgan fingerprint density at radius 2 is 1.63 bits per heavy atom. The van der Waals surface area contributed by atoms with E-state index in [1.807, 2.05) is 25.7 Å². The maximum atomic E-state index is 12.9. The molecule has 4 heteroatoms. The minimum atomic E-state index is -0.630. The highest BCUT2D eigenvalue weighted by molar-refractivity contribution is 6.02. The molecule has 0 bridgehead atoms. The van der Waals surface area contributed by atoms with Gasteiger partial charge in [0.05, 0.1) is 0 Å². The smallest absolute Gasteiger partial charge is 0.249 e. The van der Waals surface area contributed by atoms with Crippen LogP contribution in [0.2, 0.25) is 0 Å². The van der Waals surface area contributed by atoms with Gasteiger partial charge in [-0.1, -0.05) is 33.1 Å². The standard InChI is InChI=1S/C15H26N2O2/c1-4-15(5-2)12(18)16-14(10-8-7-9-11-14)13(19)17(15)6-3/h4-11H2,1-3H3,(H,16,18). The number of hydrogen-bond acceptors (Lipinski definition) is 2. The van der Waals surface area contributed by atoms with Crippen LogP contribution in [-0.4, -0.2) is 34.3 Å². The highest BCUT2D eigenvalue weighted by atomic mass is 16.2. The number of nitrogens with one attached hydrogen (secondary N) is 1. The van der Waals surface area contributed by atoms with Gasteiger partial charge in [-0.15, -0.1) is 0 Å². The first kappa shape index (κ1) is 14.4. The third-order valence-electron chi connectivity index (χ3n) is 5.14. The number of rotatable bonds is 3. The summed E-state index contributed by atoms with van der Waals surface area (Å²) in [7, 11) is 0. The van der Waals surface area contributed by atoms with Gasteiger partial charge in [0.1, 0.15) is 11.1 Å². The summed E-state index contributed by atoms with van der Waals surface area (Å²) in [6.45, 7) is 6.60. The van der Waals surface area contributed by atoms with Crippen LogP contribution < -0.4 is 5.32 Å². The number of likely N-dealkylation sites (N-methyl/N-ethyl adjacent to an activating group) is 1. The molecular formula is C15H26N2O2. The number of hydrogen-bond donors (Lipinski definition) is 1. The average Bonchev–Trinajstić information content (AvgIpc) is 2.44. The van der Waals surface area contributed by atoms with Crippen molar-refractivity contribution in [3.05, 3.63) is 0 Å². The van der Waals surface area contributed by atoms with Gasteiger partial charge >= 0.3 is 0 Å². The van der Waals surface area contributed by atoms with E-state index in [1.165, 1.54) is 6.42 Å². The van der Waals surface area contributed by atoms with Gasteiger partial charge in [0.25, 0.3) is 0 Å². The molecule has 1 aliphatic heterocycles. The second-order valence-corrected chi connectivity index (χ2v) is 5.88. The zero-order valence-electron chi connectivity index (χ0n) is 12.4. The van der Waals surface area contributed by atoms with E-state index >= 15 is 0 Å². The summed E-state index contributed by atoms with van der Waals surface area (Å²) < 4.78 is 0. The lowest BCUT2D eigenvalue weighted by Gasteiger charge is -2.53. The van der Waals surface area contributed by atoms with Crippen molar-refractivity contribution >= 4 is 11.8 Å². The van der Waals surface area contributed by atoms with Crippen molar-refractivity contribution in [2.45, 2.75) is 76.8 Å². The fraction of sp³-hybridized carbons (Fsp3) is 0.867. The first-order valence-electron chi connectivity index (χ1n) is 7.71. The lowest BCUT2D eigenvalue weighted by Crippen LogP contribution is -2.75. The van der Waals surface area contributed by atoms with Crippen LogP contribution in [0.5, 0.6) is 0 Å². The van der Waals surface area contributed by atoms with Gasteiger partial charge < -0.3 is 10.2 Å². The summed E-state index contributed by atoms with van der Waals surface area (Å²) in [6, 6.07) is 0. The normalized spacial score (nSPS) is 25.5. The van der Waals surface area contributed by atoms with Gasteiger partial charge in [-0.25, -0.2) is 0 Å².